The monoisotopic (exact) mass is 370 g/mol. The number of carbonyl (C=O) groups excluding carboxylic acids is 1. The fourth-order valence-electron chi connectivity index (χ4n) is 2.35. The molecule has 1 heterocycles. The molecule has 0 aliphatic rings. The Morgan fingerprint density at radius 1 is 0.962 bits per heavy atom. The second-order valence-electron chi connectivity index (χ2n) is 5.33. The van der Waals surface area contributed by atoms with Gasteiger partial charge >= 0.3 is 0 Å². The van der Waals surface area contributed by atoms with E-state index >= 15 is 0 Å². The fourth-order valence-corrected chi connectivity index (χ4v) is 3.07. The predicted octanol–water partition coefficient (Wildman–Crippen LogP) is 4.09. The van der Waals surface area contributed by atoms with Crippen molar-refractivity contribution in [2.24, 2.45) is 0 Å². The highest BCUT2D eigenvalue weighted by atomic mass is 32.1. The molecule has 26 heavy (non-hydrogen) atoms. The van der Waals surface area contributed by atoms with Crippen LogP contribution in [0.2, 0.25) is 0 Å². The van der Waals surface area contributed by atoms with Crippen molar-refractivity contribution in [3.63, 3.8) is 0 Å². The topological polar surface area (TPSA) is 69.7 Å². The Morgan fingerprint density at radius 2 is 1.65 bits per heavy atom. The number of nitrogens with zero attached hydrogens (tertiary/aromatic N) is 1. The van der Waals surface area contributed by atoms with Gasteiger partial charge in [-0.2, -0.15) is 0 Å². The van der Waals surface area contributed by atoms with Gasteiger partial charge in [-0.15, -0.1) is 11.3 Å². The van der Waals surface area contributed by atoms with E-state index < -0.39 is 0 Å². The zero-order valence-corrected chi connectivity index (χ0v) is 15.4. The minimum Gasteiger partial charge on any atom is -0.497 e. The van der Waals surface area contributed by atoms with Gasteiger partial charge in [-0.25, -0.2) is 4.98 Å². The molecule has 1 amide bonds. The molecule has 0 saturated heterocycles. The van der Waals surface area contributed by atoms with Crippen molar-refractivity contribution in [3.8, 4) is 28.5 Å². The maximum absolute atomic E-state index is 12.5. The van der Waals surface area contributed by atoms with Gasteiger partial charge in [0.2, 0.25) is 0 Å². The molecule has 0 fully saturated rings. The van der Waals surface area contributed by atoms with Crippen molar-refractivity contribution < 1.29 is 19.0 Å². The van der Waals surface area contributed by atoms with E-state index in [1.165, 1.54) is 25.6 Å². The molecule has 134 valence electrons. The molecule has 6 nitrogen and oxygen atoms in total. The average molecular weight is 370 g/mol. The first kappa shape index (κ1) is 17.8. The SMILES string of the molecule is COc1cc(OC)cc(C(=O)Nc2nc(-c3cccc(OC)c3)cs2)c1. The molecule has 0 atom stereocenters. The summed E-state index contributed by atoms with van der Waals surface area (Å²) >= 11 is 1.35. The molecular formula is C19H18N2O4S. The molecular weight excluding hydrogens is 352 g/mol. The Hall–Kier alpha value is -3.06. The maximum atomic E-state index is 12.5. The molecule has 1 aromatic heterocycles. The van der Waals surface area contributed by atoms with Crippen molar-refractivity contribution >= 4 is 22.4 Å². The van der Waals surface area contributed by atoms with E-state index in [0.29, 0.717) is 22.2 Å². The van der Waals surface area contributed by atoms with Crippen LogP contribution < -0.4 is 19.5 Å². The van der Waals surface area contributed by atoms with Crippen molar-refractivity contribution in [3.05, 3.63) is 53.4 Å². The number of ether oxygens (including phenoxy) is 3. The number of carbonyl (C=O) groups is 1. The van der Waals surface area contributed by atoms with Crippen molar-refractivity contribution in [1.82, 2.24) is 4.98 Å². The third-order valence-corrected chi connectivity index (χ3v) is 4.46. The largest absolute Gasteiger partial charge is 0.497 e. The first-order chi connectivity index (χ1) is 12.6. The second-order valence-corrected chi connectivity index (χ2v) is 6.18. The van der Waals surface area contributed by atoms with Gasteiger partial charge in [0, 0.05) is 22.6 Å². The number of amides is 1. The molecule has 0 bridgehead atoms. The minimum absolute atomic E-state index is 0.284. The van der Waals surface area contributed by atoms with Crippen LogP contribution in [0.4, 0.5) is 5.13 Å². The maximum Gasteiger partial charge on any atom is 0.257 e. The summed E-state index contributed by atoms with van der Waals surface area (Å²) in [6.07, 6.45) is 0. The summed E-state index contributed by atoms with van der Waals surface area (Å²) in [6.45, 7) is 0. The van der Waals surface area contributed by atoms with Crippen LogP contribution in [-0.2, 0) is 0 Å². The summed E-state index contributed by atoms with van der Waals surface area (Å²) in [6, 6.07) is 12.6. The Morgan fingerprint density at radius 3 is 2.31 bits per heavy atom. The molecule has 0 unspecified atom stereocenters. The number of hydrogen-bond acceptors (Lipinski definition) is 6. The average Bonchev–Trinajstić information content (AvgIpc) is 3.16. The standard InChI is InChI=1S/C19H18N2O4S/c1-23-14-6-4-5-12(7-14)17-11-26-19(20-17)21-18(22)13-8-15(24-2)10-16(9-13)25-3/h4-11H,1-3H3,(H,20,21,22). The summed E-state index contributed by atoms with van der Waals surface area (Å²) in [5, 5.41) is 5.20. The van der Waals surface area contributed by atoms with E-state index in [-0.39, 0.29) is 5.91 Å². The molecule has 1 N–H and O–H groups in total. The van der Waals surface area contributed by atoms with Crippen LogP contribution >= 0.6 is 11.3 Å². The number of aromatic nitrogens is 1. The molecule has 0 spiro atoms. The summed E-state index contributed by atoms with van der Waals surface area (Å²) < 4.78 is 15.6. The normalized spacial score (nSPS) is 10.3. The molecule has 0 radical (unpaired) electrons. The highest BCUT2D eigenvalue weighted by Gasteiger charge is 2.13. The quantitative estimate of drug-likeness (QED) is 0.708. The van der Waals surface area contributed by atoms with Crippen molar-refractivity contribution in [2.45, 2.75) is 0 Å². The van der Waals surface area contributed by atoms with E-state index in [9.17, 15) is 4.79 Å². The van der Waals surface area contributed by atoms with E-state index in [4.69, 9.17) is 14.2 Å². The minimum atomic E-state index is -0.284. The molecule has 3 rings (SSSR count). The van der Waals surface area contributed by atoms with Crippen LogP contribution in [0.15, 0.2) is 47.8 Å². The van der Waals surface area contributed by atoms with Gasteiger partial charge in [-0.3, -0.25) is 10.1 Å². The van der Waals surface area contributed by atoms with Gasteiger partial charge in [0.25, 0.3) is 5.91 Å². The van der Waals surface area contributed by atoms with Crippen LogP contribution in [0.3, 0.4) is 0 Å². The predicted molar refractivity (Wildman–Crippen MR) is 102 cm³/mol. The second kappa shape index (κ2) is 7.88. The highest BCUT2D eigenvalue weighted by molar-refractivity contribution is 7.14. The Bertz CT molecular complexity index is 901. The number of anilines is 1. The zero-order valence-electron chi connectivity index (χ0n) is 14.6. The lowest BCUT2D eigenvalue weighted by Crippen LogP contribution is -2.12. The zero-order chi connectivity index (χ0) is 18.5. The molecule has 2 aromatic carbocycles. The van der Waals surface area contributed by atoms with Crippen LogP contribution in [-0.4, -0.2) is 32.2 Å². The highest BCUT2D eigenvalue weighted by Crippen LogP contribution is 2.28. The summed E-state index contributed by atoms with van der Waals surface area (Å²) in [5.41, 5.74) is 2.12. The Balaban J connectivity index is 1.79. The van der Waals surface area contributed by atoms with E-state index in [2.05, 4.69) is 10.3 Å². The number of rotatable bonds is 6. The lowest BCUT2D eigenvalue weighted by atomic mass is 10.2. The fraction of sp³-hybridized carbons (Fsp3) is 0.158. The van der Waals surface area contributed by atoms with E-state index in [1.807, 2.05) is 29.6 Å². The Kier molecular flexibility index (Phi) is 5.38. The third kappa shape index (κ3) is 3.94. The van der Waals surface area contributed by atoms with Gasteiger partial charge in [0.05, 0.1) is 27.0 Å². The molecule has 0 saturated carbocycles. The molecule has 0 aliphatic heterocycles. The molecule has 0 aliphatic carbocycles. The van der Waals surface area contributed by atoms with Gasteiger partial charge < -0.3 is 14.2 Å². The lowest BCUT2D eigenvalue weighted by Gasteiger charge is -2.08. The number of methoxy groups -OCH3 is 3. The van der Waals surface area contributed by atoms with Crippen molar-refractivity contribution in [2.75, 3.05) is 26.6 Å². The van der Waals surface area contributed by atoms with Gasteiger partial charge in [-0.1, -0.05) is 12.1 Å². The first-order valence-corrected chi connectivity index (χ1v) is 8.65. The number of benzene rings is 2. The smallest absolute Gasteiger partial charge is 0.257 e. The van der Waals surface area contributed by atoms with E-state index in [0.717, 1.165) is 17.0 Å². The van der Waals surface area contributed by atoms with Crippen LogP contribution in [0, 0.1) is 0 Å². The van der Waals surface area contributed by atoms with Gasteiger partial charge in [0.1, 0.15) is 17.2 Å². The molecule has 3 aromatic rings. The number of thiazole rings is 1. The van der Waals surface area contributed by atoms with Crippen LogP contribution in [0.1, 0.15) is 10.4 Å². The number of nitrogens with one attached hydrogen (secondary N) is 1. The van der Waals surface area contributed by atoms with Gasteiger partial charge in [-0.05, 0) is 24.3 Å². The van der Waals surface area contributed by atoms with Crippen molar-refractivity contribution in [1.29, 1.82) is 0 Å². The summed E-state index contributed by atoms with van der Waals surface area (Å²) in [5.74, 6) is 1.56. The van der Waals surface area contributed by atoms with Crippen LogP contribution in [0.25, 0.3) is 11.3 Å². The van der Waals surface area contributed by atoms with Gasteiger partial charge in [0.15, 0.2) is 5.13 Å². The Labute approximate surface area is 155 Å². The number of hydrogen-bond donors (Lipinski definition) is 1. The van der Waals surface area contributed by atoms with E-state index in [1.54, 1.807) is 25.3 Å². The van der Waals surface area contributed by atoms with Crippen LogP contribution in [0.5, 0.6) is 17.2 Å². The third-order valence-electron chi connectivity index (χ3n) is 3.70. The first-order valence-electron chi connectivity index (χ1n) is 7.77. The summed E-state index contributed by atoms with van der Waals surface area (Å²) in [7, 11) is 4.70. The molecule has 7 heteroatoms. The lowest BCUT2D eigenvalue weighted by molar-refractivity contribution is 0.102. The summed E-state index contributed by atoms with van der Waals surface area (Å²) in [4.78, 5) is 17.0.